The van der Waals surface area contributed by atoms with Crippen molar-refractivity contribution in [2.45, 2.75) is 25.8 Å². The third-order valence-corrected chi connectivity index (χ3v) is 2.71. The first-order chi connectivity index (χ1) is 8.09. The second-order valence-electron chi connectivity index (χ2n) is 4.62. The van der Waals surface area contributed by atoms with Crippen LogP contribution in [0.25, 0.3) is 0 Å². The Bertz CT molecular complexity index is 328. The summed E-state index contributed by atoms with van der Waals surface area (Å²) in [4.78, 5) is 6.03. The highest BCUT2D eigenvalue weighted by molar-refractivity contribution is 5.14. The van der Waals surface area contributed by atoms with Gasteiger partial charge in [-0.15, -0.1) is 0 Å². The van der Waals surface area contributed by atoms with Crippen molar-refractivity contribution in [2.75, 3.05) is 27.2 Å². The summed E-state index contributed by atoms with van der Waals surface area (Å²) < 4.78 is 13.0. The largest absolute Gasteiger partial charge is 0.310 e. The monoisotopic (exact) mass is 239 g/mol. The number of aromatic nitrogens is 1. The summed E-state index contributed by atoms with van der Waals surface area (Å²) in [6, 6.07) is 1.68. The number of halogens is 1. The minimum Gasteiger partial charge on any atom is -0.310 e. The van der Waals surface area contributed by atoms with Crippen molar-refractivity contribution < 1.29 is 4.39 Å². The minimum atomic E-state index is -0.274. The molecule has 0 aromatic carbocycles. The van der Waals surface area contributed by atoms with E-state index in [1.165, 1.54) is 18.7 Å². The Balaban J connectivity index is 2.23. The van der Waals surface area contributed by atoms with Crippen LogP contribution in [0.1, 0.15) is 31.4 Å². The predicted molar refractivity (Wildman–Crippen MR) is 68.4 cm³/mol. The molecule has 1 unspecified atom stereocenters. The maximum absolute atomic E-state index is 13.0. The summed E-state index contributed by atoms with van der Waals surface area (Å²) in [5, 5.41) is 3.37. The Morgan fingerprint density at radius 1 is 1.35 bits per heavy atom. The van der Waals surface area contributed by atoms with E-state index in [4.69, 9.17) is 0 Å². The van der Waals surface area contributed by atoms with Crippen molar-refractivity contribution in [3.8, 4) is 0 Å². The van der Waals surface area contributed by atoms with E-state index in [1.54, 1.807) is 6.20 Å². The lowest BCUT2D eigenvalue weighted by molar-refractivity contribution is 0.389. The molecule has 0 aliphatic carbocycles. The summed E-state index contributed by atoms with van der Waals surface area (Å²) >= 11 is 0. The van der Waals surface area contributed by atoms with Gasteiger partial charge in [-0.05, 0) is 58.6 Å². The van der Waals surface area contributed by atoms with E-state index in [0.717, 1.165) is 25.1 Å². The van der Waals surface area contributed by atoms with Crippen LogP contribution in [0.5, 0.6) is 0 Å². The van der Waals surface area contributed by atoms with Crippen LogP contribution in [0.2, 0.25) is 0 Å². The van der Waals surface area contributed by atoms with Gasteiger partial charge in [0.2, 0.25) is 0 Å². The van der Waals surface area contributed by atoms with E-state index in [-0.39, 0.29) is 11.9 Å². The Kier molecular flexibility index (Phi) is 6.08. The Hall–Kier alpha value is -1.00. The van der Waals surface area contributed by atoms with Gasteiger partial charge in [0.25, 0.3) is 0 Å². The van der Waals surface area contributed by atoms with E-state index in [9.17, 15) is 4.39 Å². The zero-order valence-corrected chi connectivity index (χ0v) is 10.9. The van der Waals surface area contributed by atoms with Crippen LogP contribution in [0.4, 0.5) is 4.39 Å². The van der Waals surface area contributed by atoms with Crippen molar-refractivity contribution in [1.82, 2.24) is 15.2 Å². The first-order valence-electron chi connectivity index (χ1n) is 6.08. The number of nitrogens with one attached hydrogen (secondary N) is 1. The molecule has 0 spiro atoms. The van der Waals surface area contributed by atoms with Crippen molar-refractivity contribution in [3.63, 3.8) is 0 Å². The van der Waals surface area contributed by atoms with Crippen molar-refractivity contribution in [3.05, 3.63) is 29.8 Å². The maximum atomic E-state index is 13.0. The molecule has 0 fully saturated rings. The van der Waals surface area contributed by atoms with Crippen LogP contribution >= 0.6 is 0 Å². The molecule has 1 N–H and O–H groups in total. The third kappa shape index (κ3) is 5.75. The van der Waals surface area contributed by atoms with Gasteiger partial charge in [0.15, 0.2) is 0 Å². The average Bonchev–Trinajstić information content (AvgIpc) is 2.28. The van der Waals surface area contributed by atoms with Gasteiger partial charge in [-0.3, -0.25) is 4.98 Å². The number of hydrogen-bond acceptors (Lipinski definition) is 3. The van der Waals surface area contributed by atoms with Crippen molar-refractivity contribution in [1.29, 1.82) is 0 Å². The highest BCUT2D eigenvalue weighted by Gasteiger charge is 2.05. The molecule has 17 heavy (non-hydrogen) atoms. The number of hydrogen-bond donors (Lipinski definition) is 1. The standard InChI is InChI=1S/C13H22FN3/c1-11(12-8-13(14)10-15-9-12)16-6-4-5-7-17(2)3/h8-11,16H,4-7H2,1-3H3. The summed E-state index contributed by atoms with van der Waals surface area (Å²) in [5.41, 5.74) is 0.901. The van der Waals surface area contributed by atoms with Crippen LogP contribution in [0.15, 0.2) is 18.5 Å². The SMILES string of the molecule is CC(NCCCCN(C)C)c1cncc(F)c1. The van der Waals surface area contributed by atoms with Gasteiger partial charge in [0.05, 0.1) is 6.20 Å². The number of rotatable bonds is 7. The van der Waals surface area contributed by atoms with Gasteiger partial charge < -0.3 is 10.2 Å². The fourth-order valence-electron chi connectivity index (χ4n) is 1.65. The molecule has 1 heterocycles. The smallest absolute Gasteiger partial charge is 0.141 e. The average molecular weight is 239 g/mol. The zero-order valence-electron chi connectivity index (χ0n) is 10.9. The van der Waals surface area contributed by atoms with Crippen LogP contribution in [0, 0.1) is 5.82 Å². The molecular formula is C13H22FN3. The topological polar surface area (TPSA) is 28.2 Å². The summed E-state index contributed by atoms with van der Waals surface area (Å²) in [7, 11) is 4.16. The lowest BCUT2D eigenvalue weighted by Crippen LogP contribution is -2.21. The normalized spacial score (nSPS) is 13.0. The van der Waals surface area contributed by atoms with Gasteiger partial charge in [0.1, 0.15) is 5.82 Å². The molecule has 1 aromatic rings. The zero-order chi connectivity index (χ0) is 12.7. The summed E-state index contributed by atoms with van der Waals surface area (Å²) in [6.07, 6.45) is 5.24. The molecule has 1 aromatic heterocycles. The molecule has 1 atom stereocenters. The van der Waals surface area contributed by atoms with E-state index < -0.39 is 0 Å². The molecule has 0 radical (unpaired) electrons. The van der Waals surface area contributed by atoms with Crippen LogP contribution in [-0.2, 0) is 0 Å². The Labute approximate surface area is 103 Å². The number of unbranched alkanes of at least 4 members (excludes halogenated alkanes) is 1. The lowest BCUT2D eigenvalue weighted by Gasteiger charge is -2.14. The lowest BCUT2D eigenvalue weighted by atomic mass is 10.1. The first kappa shape index (κ1) is 14.1. The van der Waals surface area contributed by atoms with Crippen LogP contribution in [-0.4, -0.2) is 37.1 Å². The molecule has 0 aliphatic heterocycles. The predicted octanol–water partition coefficient (Wildman–Crippen LogP) is 2.21. The van der Waals surface area contributed by atoms with Crippen LogP contribution in [0.3, 0.4) is 0 Å². The molecule has 1 rings (SSSR count). The Morgan fingerprint density at radius 3 is 2.76 bits per heavy atom. The number of pyridine rings is 1. The Morgan fingerprint density at radius 2 is 2.12 bits per heavy atom. The van der Waals surface area contributed by atoms with E-state index in [1.807, 2.05) is 6.92 Å². The molecule has 96 valence electrons. The highest BCUT2D eigenvalue weighted by Crippen LogP contribution is 2.11. The third-order valence-electron chi connectivity index (χ3n) is 2.71. The molecule has 0 amide bonds. The van der Waals surface area contributed by atoms with Gasteiger partial charge in [-0.25, -0.2) is 4.39 Å². The second kappa shape index (κ2) is 7.35. The van der Waals surface area contributed by atoms with E-state index in [2.05, 4.69) is 29.3 Å². The summed E-state index contributed by atoms with van der Waals surface area (Å²) in [6.45, 7) is 4.09. The molecule has 4 heteroatoms. The molecular weight excluding hydrogens is 217 g/mol. The molecule has 0 aliphatic rings. The number of nitrogens with zero attached hydrogens (tertiary/aromatic N) is 2. The van der Waals surface area contributed by atoms with Gasteiger partial charge in [0, 0.05) is 12.2 Å². The summed E-state index contributed by atoms with van der Waals surface area (Å²) in [5.74, 6) is -0.274. The fraction of sp³-hybridized carbons (Fsp3) is 0.615. The van der Waals surface area contributed by atoms with E-state index in [0.29, 0.717) is 0 Å². The van der Waals surface area contributed by atoms with Crippen LogP contribution < -0.4 is 5.32 Å². The second-order valence-corrected chi connectivity index (χ2v) is 4.62. The van der Waals surface area contributed by atoms with E-state index >= 15 is 0 Å². The van der Waals surface area contributed by atoms with Crippen molar-refractivity contribution in [2.24, 2.45) is 0 Å². The minimum absolute atomic E-state index is 0.151. The van der Waals surface area contributed by atoms with Gasteiger partial charge in [-0.1, -0.05) is 0 Å². The van der Waals surface area contributed by atoms with Gasteiger partial charge >= 0.3 is 0 Å². The molecule has 3 nitrogen and oxygen atoms in total. The molecule has 0 saturated heterocycles. The quantitative estimate of drug-likeness (QED) is 0.739. The first-order valence-corrected chi connectivity index (χ1v) is 6.08. The highest BCUT2D eigenvalue weighted by atomic mass is 19.1. The van der Waals surface area contributed by atoms with Gasteiger partial charge in [-0.2, -0.15) is 0 Å². The maximum Gasteiger partial charge on any atom is 0.141 e. The molecule has 0 bridgehead atoms. The van der Waals surface area contributed by atoms with Crippen molar-refractivity contribution >= 4 is 0 Å². The molecule has 0 saturated carbocycles. The fourth-order valence-corrected chi connectivity index (χ4v) is 1.65.